The van der Waals surface area contributed by atoms with Gasteiger partial charge in [0.2, 0.25) is 0 Å². The number of hydrogen-bond donors (Lipinski definition) is 0. The van der Waals surface area contributed by atoms with Crippen molar-refractivity contribution in [2.45, 2.75) is 46.8 Å². The minimum atomic E-state index is -3.87. The molecule has 3 aromatic carbocycles. The predicted molar refractivity (Wildman–Crippen MR) is 144 cm³/mol. The van der Waals surface area contributed by atoms with Crippen LogP contribution in [0.4, 0.5) is 5.69 Å². The molecule has 3 aliphatic rings. The first-order valence-electron chi connectivity index (χ1n) is 12.0. The largest absolute Gasteiger partial charge is 0.366 e. The van der Waals surface area contributed by atoms with Crippen molar-refractivity contribution in [2.24, 2.45) is 0 Å². The van der Waals surface area contributed by atoms with Gasteiger partial charge in [0.1, 0.15) is 4.75 Å². The van der Waals surface area contributed by atoms with E-state index in [0.29, 0.717) is 17.0 Å². The smallest absolute Gasteiger partial charge is 0.268 e. The molecule has 0 bridgehead atoms. The molecule has 0 saturated carbocycles. The Morgan fingerprint density at radius 2 is 1.86 bits per heavy atom. The average Bonchev–Trinajstić information content (AvgIpc) is 3.54. The van der Waals surface area contributed by atoms with E-state index in [-0.39, 0.29) is 16.7 Å². The van der Waals surface area contributed by atoms with E-state index in [1.807, 2.05) is 37.3 Å². The van der Waals surface area contributed by atoms with E-state index in [1.54, 1.807) is 48.3 Å². The zero-order chi connectivity index (χ0) is 24.8. The molecule has 3 aliphatic heterocycles. The van der Waals surface area contributed by atoms with Gasteiger partial charge in [0.25, 0.3) is 10.0 Å². The second kappa shape index (κ2) is 7.63. The number of fused-ring (bicyclic) bond motifs is 4. The van der Waals surface area contributed by atoms with E-state index in [1.165, 1.54) is 3.97 Å². The number of nitrogens with zero attached hydrogens (tertiary/aromatic N) is 2. The number of thioether (sulfide) groups is 1. The van der Waals surface area contributed by atoms with Gasteiger partial charge in [0.15, 0.2) is 5.78 Å². The maximum Gasteiger partial charge on any atom is 0.268 e. The van der Waals surface area contributed by atoms with Crippen molar-refractivity contribution in [2.75, 3.05) is 11.4 Å². The number of halogens is 1. The van der Waals surface area contributed by atoms with Crippen molar-refractivity contribution in [3.8, 4) is 0 Å². The Morgan fingerprint density at radius 1 is 1.08 bits per heavy atom. The van der Waals surface area contributed by atoms with Crippen molar-refractivity contribution in [1.29, 1.82) is 0 Å². The minimum Gasteiger partial charge on any atom is -0.366 e. The van der Waals surface area contributed by atoms with Gasteiger partial charge < -0.3 is 4.90 Å². The molecule has 0 N–H and O–H groups in total. The SMILES string of the molecule is Cc1ccc(S(=O)(=O)n2cc3c4c(cc(Cl)cc42)N2CCCC2C2(C3)Sc3ccccc3C2=O)cc1. The molecule has 4 aromatic rings. The first-order chi connectivity index (χ1) is 17.3. The predicted octanol–water partition coefficient (Wildman–Crippen LogP) is 6.09. The summed E-state index contributed by atoms with van der Waals surface area (Å²) in [5.41, 5.74) is 4.11. The van der Waals surface area contributed by atoms with Gasteiger partial charge in [0.05, 0.1) is 16.5 Å². The first kappa shape index (κ1) is 22.5. The molecule has 182 valence electrons. The number of rotatable bonds is 2. The molecule has 1 aromatic heterocycles. The van der Waals surface area contributed by atoms with Crippen LogP contribution < -0.4 is 4.90 Å². The number of Topliss-reactive ketones (excluding diaryl/α,β-unsaturated/α-hetero) is 1. The third-order valence-corrected chi connectivity index (χ3v) is 11.3. The Labute approximate surface area is 219 Å². The van der Waals surface area contributed by atoms with Gasteiger partial charge in [-0.05, 0) is 62.1 Å². The maximum atomic E-state index is 14.1. The summed E-state index contributed by atoms with van der Waals surface area (Å²) in [5, 5.41) is 1.36. The van der Waals surface area contributed by atoms with Crippen LogP contribution in [0.5, 0.6) is 0 Å². The summed E-state index contributed by atoms with van der Waals surface area (Å²) < 4.78 is 28.3. The quantitative estimate of drug-likeness (QED) is 0.311. The molecule has 2 atom stereocenters. The fourth-order valence-corrected chi connectivity index (χ4v) is 9.43. The van der Waals surface area contributed by atoms with E-state index in [9.17, 15) is 13.2 Å². The maximum absolute atomic E-state index is 14.1. The second-order valence-electron chi connectivity index (χ2n) is 9.93. The number of hydrogen-bond acceptors (Lipinski definition) is 5. The molecule has 0 radical (unpaired) electrons. The van der Waals surface area contributed by atoms with Crippen molar-refractivity contribution in [3.63, 3.8) is 0 Å². The molecule has 1 fully saturated rings. The van der Waals surface area contributed by atoms with Crippen LogP contribution in [0.1, 0.15) is 34.3 Å². The number of ketones is 1. The van der Waals surface area contributed by atoms with Crippen molar-refractivity contribution in [3.05, 3.63) is 88.6 Å². The number of benzene rings is 3. The molecule has 0 amide bonds. The van der Waals surface area contributed by atoms with Crippen molar-refractivity contribution < 1.29 is 13.2 Å². The lowest BCUT2D eigenvalue weighted by Gasteiger charge is -2.38. The molecule has 1 saturated heterocycles. The Bertz CT molecular complexity index is 1690. The molecule has 8 heteroatoms. The minimum absolute atomic E-state index is 0.0126. The van der Waals surface area contributed by atoms with E-state index < -0.39 is 14.8 Å². The van der Waals surface area contributed by atoms with Crippen LogP contribution >= 0.6 is 23.4 Å². The molecule has 2 unspecified atom stereocenters. The lowest BCUT2D eigenvalue weighted by atomic mass is 9.84. The molecule has 5 nitrogen and oxygen atoms in total. The van der Waals surface area contributed by atoms with E-state index in [4.69, 9.17) is 11.6 Å². The molecular formula is C28H23ClN2O3S2. The van der Waals surface area contributed by atoms with Crippen LogP contribution in [0.3, 0.4) is 0 Å². The number of aryl methyl sites for hydroxylation is 1. The van der Waals surface area contributed by atoms with E-state index in [0.717, 1.165) is 52.0 Å². The van der Waals surface area contributed by atoms with E-state index in [2.05, 4.69) is 4.90 Å². The van der Waals surface area contributed by atoms with E-state index >= 15 is 0 Å². The summed E-state index contributed by atoms with van der Waals surface area (Å²) in [7, 11) is -3.87. The highest BCUT2D eigenvalue weighted by atomic mass is 35.5. The Balaban J connectivity index is 1.48. The van der Waals surface area contributed by atoms with Gasteiger partial charge in [-0.15, -0.1) is 11.8 Å². The fourth-order valence-electron chi connectivity index (χ4n) is 6.23. The number of anilines is 1. The molecule has 1 spiro atoms. The van der Waals surface area contributed by atoms with Crippen LogP contribution in [0.2, 0.25) is 5.02 Å². The fraction of sp³-hybridized carbons (Fsp3) is 0.250. The van der Waals surface area contributed by atoms with Crippen LogP contribution in [-0.2, 0) is 16.4 Å². The van der Waals surface area contributed by atoms with Crippen molar-refractivity contribution >= 4 is 55.8 Å². The summed E-state index contributed by atoms with van der Waals surface area (Å²) in [6.45, 7) is 2.74. The van der Waals surface area contributed by atoms with Gasteiger partial charge >= 0.3 is 0 Å². The highest BCUT2D eigenvalue weighted by Crippen LogP contribution is 2.56. The number of carbonyl (C=O) groups is 1. The Hall–Kier alpha value is -2.74. The standard InChI is InChI=1S/C28H23ClN2O3S2/c1-17-8-10-20(11-9-17)36(33,34)31-16-18-15-28(27(32)21-5-2-3-6-24(21)35-28)25-7-4-12-30(25)22-13-19(29)14-23(31)26(18)22/h2-3,5-6,8-11,13-14,16,25H,4,7,12,15H2,1H3. The van der Waals surface area contributed by atoms with Crippen LogP contribution in [0, 0.1) is 6.92 Å². The number of carbonyl (C=O) groups excluding carboxylic acids is 1. The topological polar surface area (TPSA) is 59.4 Å². The zero-order valence-corrected chi connectivity index (χ0v) is 22.0. The monoisotopic (exact) mass is 534 g/mol. The Kier molecular flexibility index (Phi) is 4.76. The lowest BCUT2D eigenvalue weighted by Crippen LogP contribution is -2.51. The molecular weight excluding hydrogens is 512 g/mol. The van der Waals surface area contributed by atoms with Crippen LogP contribution in [0.15, 0.2) is 76.7 Å². The number of aromatic nitrogens is 1. The summed E-state index contributed by atoms with van der Waals surface area (Å²) in [5.74, 6) is 0.140. The second-order valence-corrected chi connectivity index (χ2v) is 13.6. The summed E-state index contributed by atoms with van der Waals surface area (Å²) in [6, 6.07) is 18.4. The third-order valence-electron chi connectivity index (χ3n) is 7.83. The molecule has 4 heterocycles. The van der Waals surface area contributed by atoms with Gasteiger partial charge in [-0.2, -0.15) is 0 Å². The van der Waals surface area contributed by atoms with Gasteiger partial charge in [-0.1, -0.05) is 47.5 Å². The molecule has 36 heavy (non-hydrogen) atoms. The molecule has 0 aliphatic carbocycles. The third kappa shape index (κ3) is 2.96. The zero-order valence-electron chi connectivity index (χ0n) is 19.6. The molecule has 7 rings (SSSR count). The van der Waals surface area contributed by atoms with Crippen LogP contribution in [-0.4, -0.2) is 35.5 Å². The average molecular weight is 535 g/mol. The summed E-state index contributed by atoms with van der Waals surface area (Å²) in [6.07, 6.45) is 4.07. The highest BCUT2D eigenvalue weighted by Gasteiger charge is 2.56. The van der Waals surface area contributed by atoms with Gasteiger partial charge in [-0.3, -0.25) is 4.79 Å². The van der Waals surface area contributed by atoms with Gasteiger partial charge in [0, 0.05) is 39.3 Å². The summed E-state index contributed by atoms with van der Waals surface area (Å²) in [4.78, 5) is 17.6. The first-order valence-corrected chi connectivity index (χ1v) is 14.7. The van der Waals surface area contributed by atoms with Crippen molar-refractivity contribution in [1.82, 2.24) is 3.97 Å². The Morgan fingerprint density at radius 3 is 2.64 bits per heavy atom. The van der Waals surface area contributed by atoms with Gasteiger partial charge in [-0.25, -0.2) is 12.4 Å². The highest BCUT2D eigenvalue weighted by molar-refractivity contribution is 8.02. The normalized spacial score (nSPS) is 22.8. The summed E-state index contributed by atoms with van der Waals surface area (Å²) >= 11 is 8.26. The van der Waals surface area contributed by atoms with Crippen LogP contribution in [0.25, 0.3) is 10.9 Å². The lowest BCUT2D eigenvalue weighted by molar-refractivity contribution is 0.0932.